The highest BCUT2D eigenvalue weighted by Crippen LogP contribution is 2.21. The maximum atomic E-state index is 12.3. The highest BCUT2D eigenvalue weighted by Gasteiger charge is 2.28. The summed E-state index contributed by atoms with van der Waals surface area (Å²) < 4.78 is 0. The molecule has 2 unspecified atom stereocenters. The maximum absolute atomic E-state index is 12.3. The van der Waals surface area contributed by atoms with E-state index in [4.69, 9.17) is 5.73 Å². The number of aryl methyl sites for hydroxylation is 1. The number of nitrogens with zero attached hydrogens (tertiary/aromatic N) is 1. The molecule has 0 radical (unpaired) electrons. The van der Waals surface area contributed by atoms with Gasteiger partial charge in [-0.1, -0.05) is 43.7 Å². The molecule has 2 atom stereocenters. The fraction of sp³-hybridized carbons (Fsp3) is 0.588. The van der Waals surface area contributed by atoms with Crippen LogP contribution in [0, 0.1) is 5.92 Å². The van der Waals surface area contributed by atoms with E-state index in [9.17, 15) is 4.79 Å². The number of benzene rings is 1. The van der Waals surface area contributed by atoms with E-state index >= 15 is 0 Å². The number of rotatable bonds is 6. The topological polar surface area (TPSA) is 46.3 Å². The Morgan fingerprint density at radius 1 is 1.40 bits per heavy atom. The maximum Gasteiger partial charge on any atom is 0.239 e. The molecule has 1 fully saturated rings. The molecule has 0 saturated carbocycles. The van der Waals surface area contributed by atoms with Crippen molar-refractivity contribution >= 4 is 5.91 Å². The van der Waals surface area contributed by atoms with Gasteiger partial charge < -0.3 is 10.6 Å². The number of hydrogen-bond donors (Lipinski definition) is 1. The van der Waals surface area contributed by atoms with Crippen LogP contribution in [0.15, 0.2) is 30.3 Å². The molecule has 0 aliphatic carbocycles. The van der Waals surface area contributed by atoms with Crippen LogP contribution in [0.3, 0.4) is 0 Å². The lowest BCUT2D eigenvalue weighted by molar-refractivity contribution is -0.131. The second-order valence-corrected chi connectivity index (χ2v) is 5.86. The van der Waals surface area contributed by atoms with Crippen molar-refractivity contribution in [1.82, 2.24) is 4.90 Å². The molecule has 1 saturated heterocycles. The summed E-state index contributed by atoms with van der Waals surface area (Å²) >= 11 is 0. The van der Waals surface area contributed by atoms with Gasteiger partial charge in [-0.25, -0.2) is 0 Å². The van der Waals surface area contributed by atoms with E-state index in [0.717, 1.165) is 32.4 Å². The minimum Gasteiger partial charge on any atom is -0.341 e. The summed E-state index contributed by atoms with van der Waals surface area (Å²) in [5.74, 6) is 0.824. The van der Waals surface area contributed by atoms with E-state index < -0.39 is 0 Å². The first-order chi connectivity index (χ1) is 9.70. The Labute approximate surface area is 122 Å². The molecule has 3 heteroatoms. The minimum absolute atomic E-state index is 0.138. The lowest BCUT2D eigenvalue weighted by Gasteiger charge is -2.21. The monoisotopic (exact) mass is 274 g/mol. The van der Waals surface area contributed by atoms with Crippen LogP contribution in [0.2, 0.25) is 0 Å². The summed E-state index contributed by atoms with van der Waals surface area (Å²) in [6, 6.07) is 9.88. The van der Waals surface area contributed by atoms with Gasteiger partial charge in [-0.05, 0) is 37.2 Å². The van der Waals surface area contributed by atoms with Gasteiger partial charge in [0.25, 0.3) is 0 Å². The van der Waals surface area contributed by atoms with Crippen molar-refractivity contribution in [2.24, 2.45) is 11.7 Å². The Morgan fingerprint density at radius 2 is 2.15 bits per heavy atom. The predicted molar refractivity (Wildman–Crippen MR) is 82.3 cm³/mol. The highest BCUT2D eigenvalue weighted by atomic mass is 16.2. The second kappa shape index (κ2) is 7.44. The molecule has 0 aromatic heterocycles. The van der Waals surface area contributed by atoms with Gasteiger partial charge in [-0.3, -0.25) is 4.79 Å². The summed E-state index contributed by atoms with van der Waals surface area (Å²) in [4.78, 5) is 14.3. The van der Waals surface area contributed by atoms with Gasteiger partial charge in [0.2, 0.25) is 5.91 Å². The average Bonchev–Trinajstić information content (AvgIpc) is 2.94. The summed E-state index contributed by atoms with van der Waals surface area (Å²) in [5.41, 5.74) is 7.32. The zero-order valence-corrected chi connectivity index (χ0v) is 12.4. The molecule has 2 rings (SSSR count). The van der Waals surface area contributed by atoms with Crippen LogP contribution in [0.25, 0.3) is 0 Å². The quantitative estimate of drug-likeness (QED) is 0.866. The third-order valence-corrected chi connectivity index (χ3v) is 4.20. The predicted octanol–water partition coefficient (Wildman–Crippen LogP) is 2.60. The zero-order valence-electron chi connectivity index (χ0n) is 12.4. The number of amides is 1. The van der Waals surface area contributed by atoms with Gasteiger partial charge in [-0.2, -0.15) is 0 Å². The zero-order chi connectivity index (χ0) is 14.4. The van der Waals surface area contributed by atoms with E-state index in [1.165, 1.54) is 18.4 Å². The molecule has 3 nitrogen and oxygen atoms in total. The first-order valence-corrected chi connectivity index (χ1v) is 7.79. The largest absolute Gasteiger partial charge is 0.341 e. The molecule has 20 heavy (non-hydrogen) atoms. The summed E-state index contributed by atoms with van der Waals surface area (Å²) in [6.45, 7) is 4.00. The van der Waals surface area contributed by atoms with Crippen LogP contribution < -0.4 is 5.73 Å². The number of likely N-dealkylation sites (tertiary alicyclic amines) is 1. The van der Waals surface area contributed by atoms with E-state index in [-0.39, 0.29) is 11.9 Å². The molecule has 1 aromatic rings. The van der Waals surface area contributed by atoms with E-state index in [2.05, 4.69) is 19.1 Å². The molecule has 0 bridgehead atoms. The Kier molecular flexibility index (Phi) is 5.60. The molecule has 1 aliphatic rings. The van der Waals surface area contributed by atoms with Gasteiger partial charge >= 0.3 is 0 Å². The average molecular weight is 274 g/mol. The standard InChI is InChI=1S/C17H26N2O/c1-2-6-15-11-12-19(13-15)17(20)16(18)10-9-14-7-4-3-5-8-14/h3-5,7-8,15-16H,2,6,9-13,18H2,1H3. The molecule has 1 heterocycles. The number of carbonyl (C=O) groups excluding carboxylic acids is 1. The third-order valence-electron chi connectivity index (χ3n) is 4.20. The first-order valence-electron chi connectivity index (χ1n) is 7.79. The van der Waals surface area contributed by atoms with E-state index in [1.807, 2.05) is 23.1 Å². The normalized spacial score (nSPS) is 20.1. The van der Waals surface area contributed by atoms with Crippen LogP contribution in [0.1, 0.15) is 38.2 Å². The molecule has 110 valence electrons. The molecule has 2 N–H and O–H groups in total. The van der Waals surface area contributed by atoms with Crippen molar-refractivity contribution < 1.29 is 4.79 Å². The van der Waals surface area contributed by atoms with Crippen LogP contribution in [-0.4, -0.2) is 29.9 Å². The van der Waals surface area contributed by atoms with Crippen molar-refractivity contribution in [2.45, 2.75) is 45.1 Å². The third kappa shape index (κ3) is 4.07. The van der Waals surface area contributed by atoms with Gasteiger partial charge in [0.15, 0.2) is 0 Å². The molecule has 0 spiro atoms. The Bertz CT molecular complexity index is 418. The number of carbonyl (C=O) groups is 1. The van der Waals surface area contributed by atoms with Crippen molar-refractivity contribution in [2.75, 3.05) is 13.1 Å². The fourth-order valence-corrected chi connectivity index (χ4v) is 3.00. The van der Waals surface area contributed by atoms with Gasteiger partial charge in [0.05, 0.1) is 6.04 Å². The van der Waals surface area contributed by atoms with Crippen molar-refractivity contribution in [3.05, 3.63) is 35.9 Å². The summed E-state index contributed by atoms with van der Waals surface area (Å²) in [7, 11) is 0. The first kappa shape index (κ1) is 15.0. The van der Waals surface area contributed by atoms with Gasteiger partial charge in [0, 0.05) is 13.1 Å². The van der Waals surface area contributed by atoms with Crippen LogP contribution in [-0.2, 0) is 11.2 Å². The van der Waals surface area contributed by atoms with Crippen LogP contribution in [0.4, 0.5) is 0 Å². The summed E-state index contributed by atoms with van der Waals surface area (Å²) in [5, 5.41) is 0. The lowest BCUT2D eigenvalue weighted by atomic mass is 10.0. The molecular formula is C17H26N2O. The SMILES string of the molecule is CCCC1CCN(C(=O)C(N)CCc2ccccc2)C1. The van der Waals surface area contributed by atoms with E-state index in [0.29, 0.717) is 5.92 Å². The second-order valence-electron chi connectivity index (χ2n) is 5.86. The van der Waals surface area contributed by atoms with Crippen molar-refractivity contribution in [3.8, 4) is 0 Å². The summed E-state index contributed by atoms with van der Waals surface area (Å²) in [6.07, 6.45) is 5.18. The lowest BCUT2D eigenvalue weighted by Crippen LogP contribution is -2.42. The molecule has 1 aliphatic heterocycles. The Hall–Kier alpha value is -1.35. The fourth-order valence-electron chi connectivity index (χ4n) is 3.00. The van der Waals surface area contributed by atoms with Gasteiger partial charge in [0.1, 0.15) is 0 Å². The Balaban J connectivity index is 1.78. The van der Waals surface area contributed by atoms with Gasteiger partial charge in [-0.15, -0.1) is 0 Å². The smallest absolute Gasteiger partial charge is 0.239 e. The highest BCUT2D eigenvalue weighted by molar-refractivity contribution is 5.81. The van der Waals surface area contributed by atoms with Crippen LogP contribution in [0.5, 0.6) is 0 Å². The number of nitrogens with two attached hydrogens (primary N) is 1. The molecular weight excluding hydrogens is 248 g/mol. The minimum atomic E-state index is -0.351. The van der Waals surface area contributed by atoms with Crippen LogP contribution >= 0.6 is 0 Å². The number of hydrogen-bond acceptors (Lipinski definition) is 2. The van der Waals surface area contributed by atoms with Crippen molar-refractivity contribution in [1.29, 1.82) is 0 Å². The molecule has 1 aromatic carbocycles. The molecule has 1 amide bonds. The van der Waals surface area contributed by atoms with Crippen molar-refractivity contribution in [3.63, 3.8) is 0 Å². The van der Waals surface area contributed by atoms with E-state index in [1.54, 1.807) is 0 Å². The Morgan fingerprint density at radius 3 is 2.85 bits per heavy atom.